The van der Waals surface area contributed by atoms with E-state index in [1.807, 2.05) is 20.8 Å². The molecule has 2 aliphatic heterocycles. The lowest BCUT2D eigenvalue weighted by atomic mass is 9.91. The van der Waals surface area contributed by atoms with E-state index in [0.29, 0.717) is 44.0 Å². The van der Waals surface area contributed by atoms with Crippen LogP contribution in [0.25, 0.3) is 0 Å². The molecule has 1 aromatic carbocycles. The maximum absolute atomic E-state index is 13.1. The van der Waals surface area contributed by atoms with Crippen molar-refractivity contribution in [1.82, 2.24) is 9.21 Å². The number of benzene rings is 1. The standard InChI is InChI=1S/C23H35N3O5S/c1-23(2,3)22(28)25-12-8-9-17(16-25)21(27)24-19-15-18(10-11-20(19)31-4)32(29,30)26-13-6-5-7-14-26/h10-11,15,17H,5-9,12-14,16H2,1-4H3,(H,24,27). The lowest BCUT2D eigenvalue weighted by molar-refractivity contribution is -0.142. The summed E-state index contributed by atoms with van der Waals surface area (Å²) in [7, 11) is -2.15. The highest BCUT2D eigenvalue weighted by Gasteiger charge is 2.34. The molecule has 2 fully saturated rings. The summed E-state index contributed by atoms with van der Waals surface area (Å²) in [6, 6.07) is 4.56. The summed E-state index contributed by atoms with van der Waals surface area (Å²) in [5.74, 6) is -0.166. The van der Waals surface area contributed by atoms with E-state index in [1.54, 1.807) is 11.0 Å². The topological polar surface area (TPSA) is 96.0 Å². The summed E-state index contributed by atoms with van der Waals surface area (Å²) in [5, 5.41) is 2.86. The van der Waals surface area contributed by atoms with Crippen molar-refractivity contribution in [3.05, 3.63) is 18.2 Å². The summed E-state index contributed by atoms with van der Waals surface area (Å²) in [6.07, 6.45) is 4.16. The number of carbonyl (C=O) groups is 2. The molecule has 0 aliphatic carbocycles. The fourth-order valence-electron chi connectivity index (χ4n) is 4.28. The van der Waals surface area contributed by atoms with Crippen molar-refractivity contribution in [1.29, 1.82) is 0 Å². The average molecular weight is 466 g/mol. The lowest BCUT2D eigenvalue weighted by Crippen LogP contribution is -2.47. The van der Waals surface area contributed by atoms with Crippen molar-refractivity contribution in [2.45, 2.75) is 57.8 Å². The Morgan fingerprint density at radius 2 is 1.75 bits per heavy atom. The summed E-state index contributed by atoms with van der Waals surface area (Å²) in [6.45, 7) is 7.64. The second-order valence-corrected chi connectivity index (χ2v) is 11.6. The maximum atomic E-state index is 13.1. The van der Waals surface area contributed by atoms with Gasteiger partial charge in [-0.05, 0) is 43.9 Å². The van der Waals surface area contributed by atoms with Crippen LogP contribution in [0.3, 0.4) is 0 Å². The van der Waals surface area contributed by atoms with Gasteiger partial charge in [-0.3, -0.25) is 9.59 Å². The number of rotatable bonds is 5. The number of ether oxygens (including phenoxy) is 1. The van der Waals surface area contributed by atoms with Gasteiger partial charge in [0.2, 0.25) is 21.8 Å². The first-order chi connectivity index (χ1) is 15.0. The number of hydrogen-bond acceptors (Lipinski definition) is 5. The number of sulfonamides is 1. The van der Waals surface area contributed by atoms with Gasteiger partial charge in [-0.25, -0.2) is 8.42 Å². The Bertz CT molecular complexity index is 949. The second-order valence-electron chi connectivity index (χ2n) is 9.66. The summed E-state index contributed by atoms with van der Waals surface area (Å²) >= 11 is 0. The number of likely N-dealkylation sites (tertiary alicyclic amines) is 1. The molecule has 0 saturated carbocycles. The third-order valence-electron chi connectivity index (χ3n) is 6.10. The van der Waals surface area contributed by atoms with E-state index in [9.17, 15) is 18.0 Å². The van der Waals surface area contributed by atoms with E-state index in [-0.39, 0.29) is 22.6 Å². The minimum absolute atomic E-state index is 0.0298. The number of carbonyl (C=O) groups excluding carboxylic acids is 2. The molecule has 2 amide bonds. The lowest BCUT2D eigenvalue weighted by Gasteiger charge is -2.36. The van der Waals surface area contributed by atoms with E-state index in [4.69, 9.17) is 4.74 Å². The van der Waals surface area contributed by atoms with Crippen LogP contribution in [0.2, 0.25) is 0 Å². The molecule has 3 rings (SSSR count). The fourth-order valence-corrected chi connectivity index (χ4v) is 5.83. The monoisotopic (exact) mass is 465 g/mol. The Morgan fingerprint density at radius 3 is 2.38 bits per heavy atom. The molecule has 178 valence electrons. The SMILES string of the molecule is COc1ccc(S(=O)(=O)N2CCCCC2)cc1NC(=O)C1CCCN(C(=O)C(C)(C)C)C1. The predicted molar refractivity (Wildman–Crippen MR) is 123 cm³/mol. The zero-order valence-electron chi connectivity index (χ0n) is 19.5. The average Bonchev–Trinajstić information content (AvgIpc) is 2.78. The normalized spacial score (nSPS) is 20.6. The molecule has 1 atom stereocenters. The van der Waals surface area contributed by atoms with E-state index >= 15 is 0 Å². The zero-order chi connectivity index (χ0) is 23.5. The highest BCUT2D eigenvalue weighted by atomic mass is 32.2. The van der Waals surface area contributed by atoms with Crippen LogP contribution in [0.5, 0.6) is 5.75 Å². The van der Waals surface area contributed by atoms with Gasteiger partial charge in [0.25, 0.3) is 0 Å². The van der Waals surface area contributed by atoms with Gasteiger partial charge in [0, 0.05) is 31.6 Å². The van der Waals surface area contributed by atoms with Crippen molar-refractivity contribution in [2.75, 3.05) is 38.6 Å². The van der Waals surface area contributed by atoms with Gasteiger partial charge in [0.1, 0.15) is 5.75 Å². The predicted octanol–water partition coefficient (Wildman–Crippen LogP) is 3.09. The number of hydrogen-bond donors (Lipinski definition) is 1. The Hall–Kier alpha value is -2.13. The summed E-state index contributed by atoms with van der Waals surface area (Å²) < 4.78 is 33.0. The first-order valence-corrected chi connectivity index (χ1v) is 12.8. The molecule has 8 nitrogen and oxygen atoms in total. The maximum Gasteiger partial charge on any atom is 0.243 e. The molecule has 1 unspecified atom stereocenters. The number of nitrogens with zero attached hydrogens (tertiary/aromatic N) is 2. The number of methoxy groups -OCH3 is 1. The van der Waals surface area contributed by atoms with Gasteiger partial charge < -0.3 is 15.0 Å². The summed E-state index contributed by atoms with van der Waals surface area (Å²) in [4.78, 5) is 27.6. The van der Waals surface area contributed by atoms with Gasteiger partial charge >= 0.3 is 0 Å². The molecule has 1 aromatic rings. The van der Waals surface area contributed by atoms with E-state index in [1.165, 1.54) is 23.5 Å². The molecular formula is C23H35N3O5S. The van der Waals surface area contributed by atoms with E-state index in [0.717, 1.165) is 25.7 Å². The van der Waals surface area contributed by atoms with Crippen molar-refractivity contribution in [3.8, 4) is 5.75 Å². The summed E-state index contributed by atoms with van der Waals surface area (Å²) in [5.41, 5.74) is -0.173. The van der Waals surface area contributed by atoms with Crippen LogP contribution in [0.15, 0.2) is 23.1 Å². The van der Waals surface area contributed by atoms with Crippen LogP contribution in [0, 0.1) is 11.3 Å². The van der Waals surface area contributed by atoms with Gasteiger partial charge in [-0.1, -0.05) is 27.2 Å². The quantitative estimate of drug-likeness (QED) is 0.721. The van der Waals surface area contributed by atoms with Crippen molar-refractivity contribution < 1.29 is 22.7 Å². The van der Waals surface area contributed by atoms with Gasteiger partial charge in [-0.2, -0.15) is 4.31 Å². The smallest absolute Gasteiger partial charge is 0.243 e. The number of nitrogens with one attached hydrogen (secondary N) is 1. The molecule has 2 saturated heterocycles. The Kier molecular flexibility index (Phi) is 7.50. The van der Waals surface area contributed by atoms with Crippen LogP contribution in [0.1, 0.15) is 52.9 Å². The first-order valence-electron chi connectivity index (χ1n) is 11.3. The largest absolute Gasteiger partial charge is 0.495 e. The number of amides is 2. The van der Waals surface area contributed by atoms with Crippen LogP contribution >= 0.6 is 0 Å². The molecule has 9 heteroatoms. The Balaban J connectivity index is 1.78. The third-order valence-corrected chi connectivity index (χ3v) is 8.00. The zero-order valence-corrected chi connectivity index (χ0v) is 20.3. The fraction of sp³-hybridized carbons (Fsp3) is 0.652. The molecular weight excluding hydrogens is 430 g/mol. The first kappa shape index (κ1) is 24.5. The van der Waals surface area contributed by atoms with Gasteiger partial charge in [0.05, 0.1) is 23.6 Å². The molecule has 2 aliphatic rings. The van der Waals surface area contributed by atoms with Gasteiger partial charge in [-0.15, -0.1) is 0 Å². The van der Waals surface area contributed by atoms with Crippen LogP contribution in [-0.2, 0) is 19.6 Å². The highest BCUT2D eigenvalue weighted by molar-refractivity contribution is 7.89. The molecule has 0 spiro atoms. The van der Waals surface area contributed by atoms with Gasteiger partial charge in [0.15, 0.2) is 0 Å². The Morgan fingerprint density at radius 1 is 1.06 bits per heavy atom. The van der Waals surface area contributed by atoms with Crippen LogP contribution in [0.4, 0.5) is 5.69 Å². The van der Waals surface area contributed by atoms with Crippen molar-refractivity contribution >= 4 is 27.5 Å². The molecule has 1 N–H and O–H groups in total. The molecule has 2 heterocycles. The Labute approximate surface area is 191 Å². The van der Waals surface area contributed by atoms with Crippen molar-refractivity contribution in [2.24, 2.45) is 11.3 Å². The second kappa shape index (κ2) is 9.79. The number of piperidine rings is 2. The van der Waals surface area contributed by atoms with E-state index < -0.39 is 15.4 Å². The minimum atomic E-state index is -3.63. The van der Waals surface area contributed by atoms with Crippen LogP contribution < -0.4 is 10.1 Å². The van der Waals surface area contributed by atoms with Crippen LogP contribution in [-0.4, -0.2) is 62.7 Å². The minimum Gasteiger partial charge on any atom is -0.495 e. The molecule has 0 aromatic heterocycles. The molecule has 0 bridgehead atoms. The molecule has 32 heavy (non-hydrogen) atoms. The van der Waals surface area contributed by atoms with Crippen molar-refractivity contribution in [3.63, 3.8) is 0 Å². The van der Waals surface area contributed by atoms with E-state index in [2.05, 4.69) is 5.32 Å². The molecule has 0 radical (unpaired) electrons. The third kappa shape index (κ3) is 5.43. The number of anilines is 1. The highest BCUT2D eigenvalue weighted by Crippen LogP contribution is 2.31.